The van der Waals surface area contributed by atoms with Gasteiger partial charge in [0.2, 0.25) is 5.91 Å². The van der Waals surface area contributed by atoms with Gasteiger partial charge in [0.05, 0.1) is 12.6 Å². The van der Waals surface area contributed by atoms with Crippen LogP contribution in [0.2, 0.25) is 0 Å². The molecule has 182 valence electrons. The Bertz CT molecular complexity index is 1120. The van der Waals surface area contributed by atoms with Crippen molar-refractivity contribution in [3.05, 3.63) is 65.4 Å². The second kappa shape index (κ2) is 12.1. The maximum Gasteiger partial charge on any atom is 0.223 e. The molecular weight excluding hydrogens is 543 g/mol. The third-order valence-electron chi connectivity index (χ3n) is 5.88. The van der Waals surface area contributed by atoms with Gasteiger partial charge in [-0.15, -0.1) is 24.0 Å². The first-order chi connectivity index (χ1) is 16.1. The topological polar surface area (TPSA) is 79.1 Å². The van der Waals surface area contributed by atoms with E-state index in [1.54, 1.807) is 7.05 Å². The SMILES string of the molecule is CCOc1cccc2cc(C(C)NC(=NC)NCCCC(=O)N3Cc4ccccc4C3)oc12.I. The Hall–Kier alpha value is -2.75. The van der Waals surface area contributed by atoms with Crippen LogP contribution >= 0.6 is 24.0 Å². The van der Waals surface area contributed by atoms with Crippen LogP contribution < -0.4 is 15.4 Å². The molecule has 1 unspecified atom stereocenters. The fraction of sp³-hybridized carbons (Fsp3) is 0.385. The van der Waals surface area contributed by atoms with Crippen molar-refractivity contribution in [3.63, 3.8) is 0 Å². The maximum absolute atomic E-state index is 12.6. The Morgan fingerprint density at radius 1 is 1.18 bits per heavy atom. The summed E-state index contributed by atoms with van der Waals surface area (Å²) in [6, 6.07) is 16.1. The van der Waals surface area contributed by atoms with Crippen LogP contribution in [-0.4, -0.2) is 37.0 Å². The van der Waals surface area contributed by atoms with E-state index in [0.29, 0.717) is 38.6 Å². The summed E-state index contributed by atoms with van der Waals surface area (Å²) >= 11 is 0. The monoisotopic (exact) mass is 576 g/mol. The van der Waals surface area contributed by atoms with Crippen molar-refractivity contribution in [3.8, 4) is 5.75 Å². The number of benzene rings is 2. The van der Waals surface area contributed by atoms with Crippen LogP contribution in [0.1, 0.15) is 49.6 Å². The third kappa shape index (κ3) is 6.02. The molecule has 2 heterocycles. The number of ether oxygens (including phenoxy) is 1. The Morgan fingerprint density at radius 3 is 2.59 bits per heavy atom. The van der Waals surface area contributed by atoms with E-state index in [2.05, 4.69) is 27.8 Å². The molecule has 0 fully saturated rings. The van der Waals surface area contributed by atoms with Crippen LogP contribution in [0.5, 0.6) is 5.75 Å². The molecule has 1 aromatic heterocycles. The lowest BCUT2D eigenvalue weighted by Crippen LogP contribution is -2.39. The standard InChI is InChI=1S/C26H32N4O3.HI/c1-4-32-22-12-7-11-19-15-23(33-25(19)22)18(2)29-26(27-3)28-14-8-13-24(31)30-16-20-9-5-6-10-21(20)17-30;/h5-7,9-12,15,18H,4,8,13-14,16-17H2,1-3H3,(H2,27,28,29);1H. The summed E-state index contributed by atoms with van der Waals surface area (Å²) in [6.45, 7) is 6.66. The number of nitrogens with one attached hydrogen (secondary N) is 2. The zero-order valence-electron chi connectivity index (χ0n) is 20.0. The van der Waals surface area contributed by atoms with Crippen molar-refractivity contribution < 1.29 is 13.9 Å². The Kier molecular flexibility index (Phi) is 9.20. The fourth-order valence-corrected chi connectivity index (χ4v) is 4.12. The minimum Gasteiger partial charge on any atom is -0.490 e. The van der Waals surface area contributed by atoms with Crippen molar-refractivity contribution in [1.82, 2.24) is 15.5 Å². The third-order valence-corrected chi connectivity index (χ3v) is 5.88. The second-order valence-corrected chi connectivity index (χ2v) is 8.24. The molecular formula is C26H33IN4O3. The van der Waals surface area contributed by atoms with Gasteiger partial charge in [0.15, 0.2) is 17.3 Å². The number of carbonyl (C=O) groups excluding carboxylic acids is 1. The van der Waals surface area contributed by atoms with Crippen LogP contribution in [0, 0.1) is 0 Å². The van der Waals surface area contributed by atoms with Gasteiger partial charge >= 0.3 is 0 Å². The van der Waals surface area contributed by atoms with Gasteiger partial charge < -0.3 is 24.7 Å². The van der Waals surface area contributed by atoms with E-state index in [-0.39, 0.29) is 35.9 Å². The summed E-state index contributed by atoms with van der Waals surface area (Å²) < 4.78 is 11.8. The highest BCUT2D eigenvalue weighted by Gasteiger charge is 2.22. The summed E-state index contributed by atoms with van der Waals surface area (Å²) in [6.07, 6.45) is 1.25. The summed E-state index contributed by atoms with van der Waals surface area (Å²) in [5.74, 6) is 2.43. The molecule has 0 saturated carbocycles. The lowest BCUT2D eigenvalue weighted by Gasteiger charge is -2.17. The molecule has 2 aromatic carbocycles. The first-order valence-corrected chi connectivity index (χ1v) is 11.6. The number of rotatable bonds is 8. The van der Waals surface area contributed by atoms with E-state index < -0.39 is 0 Å². The van der Waals surface area contributed by atoms with E-state index in [4.69, 9.17) is 9.15 Å². The lowest BCUT2D eigenvalue weighted by atomic mass is 10.1. The number of para-hydroxylation sites is 1. The normalized spacial score (nSPS) is 13.9. The van der Waals surface area contributed by atoms with Crippen LogP contribution in [0.3, 0.4) is 0 Å². The van der Waals surface area contributed by atoms with Gasteiger partial charge in [0.1, 0.15) is 5.76 Å². The number of aliphatic imine (C=N–C) groups is 1. The quantitative estimate of drug-likeness (QED) is 0.171. The molecule has 3 aromatic rings. The molecule has 1 aliphatic rings. The smallest absolute Gasteiger partial charge is 0.223 e. The van der Waals surface area contributed by atoms with Crippen molar-refractivity contribution in [1.29, 1.82) is 0 Å². The molecule has 1 aliphatic heterocycles. The second-order valence-electron chi connectivity index (χ2n) is 8.24. The molecule has 0 spiro atoms. The zero-order valence-corrected chi connectivity index (χ0v) is 22.3. The molecule has 4 rings (SSSR count). The van der Waals surface area contributed by atoms with Gasteiger partial charge in [-0.05, 0) is 43.5 Å². The first kappa shape index (κ1) is 25.9. The van der Waals surface area contributed by atoms with Gasteiger partial charge in [-0.1, -0.05) is 36.4 Å². The molecule has 0 aliphatic carbocycles. The molecule has 0 radical (unpaired) electrons. The molecule has 7 nitrogen and oxygen atoms in total. The van der Waals surface area contributed by atoms with E-state index in [1.807, 2.05) is 55.1 Å². The highest BCUT2D eigenvalue weighted by molar-refractivity contribution is 14.0. The first-order valence-electron chi connectivity index (χ1n) is 11.6. The number of halogens is 1. The Morgan fingerprint density at radius 2 is 1.91 bits per heavy atom. The Balaban J connectivity index is 0.00000324. The molecule has 2 N–H and O–H groups in total. The summed E-state index contributed by atoms with van der Waals surface area (Å²) in [4.78, 5) is 18.8. The molecule has 1 amide bonds. The van der Waals surface area contributed by atoms with Gasteiger partial charge in [0.25, 0.3) is 0 Å². The average Bonchev–Trinajstić information content (AvgIpc) is 3.46. The van der Waals surface area contributed by atoms with E-state index in [1.165, 1.54) is 11.1 Å². The largest absolute Gasteiger partial charge is 0.490 e. The van der Waals surface area contributed by atoms with Crippen molar-refractivity contribution in [2.24, 2.45) is 4.99 Å². The van der Waals surface area contributed by atoms with Crippen molar-refractivity contribution in [2.45, 2.75) is 45.8 Å². The van der Waals surface area contributed by atoms with Crippen LogP contribution in [0.4, 0.5) is 0 Å². The van der Waals surface area contributed by atoms with Crippen molar-refractivity contribution in [2.75, 3.05) is 20.2 Å². The number of amides is 1. The fourth-order valence-electron chi connectivity index (χ4n) is 4.12. The Labute approximate surface area is 218 Å². The molecule has 0 saturated heterocycles. The van der Waals surface area contributed by atoms with E-state index >= 15 is 0 Å². The predicted octanol–water partition coefficient (Wildman–Crippen LogP) is 5.00. The number of nitrogens with zero attached hydrogens (tertiary/aromatic N) is 2. The molecule has 0 bridgehead atoms. The maximum atomic E-state index is 12.6. The number of hydrogen-bond donors (Lipinski definition) is 2. The number of hydrogen-bond acceptors (Lipinski definition) is 4. The molecule has 1 atom stereocenters. The summed E-state index contributed by atoms with van der Waals surface area (Å²) in [5.41, 5.74) is 3.26. The summed E-state index contributed by atoms with van der Waals surface area (Å²) in [7, 11) is 1.74. The number of guanidine groups is 1. The zero-order chi connectivity index (χ0) is 23.2. The lowest BCUT2D eigenvalue weighted by molar-refractivity contribution is -0.131. The minimum atomic E-state index is -0.0807. The van der Waals surface area contributed by atoms with Crippen LogP contribution in [-0.2, 0) is 17.9 Å². The van der Waals surface area contributed by atoms with E-state index in [9.17, 15) is 4.79 Å². The van der Waals surface area contributed by atoms with Gasteiger partial charge in [-0.3, -0.25) is 9.79 Å². The van der Waals surface area contributed by atoms with Crippen LogP contribution in [0.15, 0.2) is 57.9 Å². The number of fused-ring (bicyclic) bond motifs is 2. The number of furan rings is 1. The highest BCUT2D eigenvalue weighted by atomic mass is 127. The van der Waals surface area contributed by atoms with Gasteiger partial charge in [0, 0.05) is 38.5 Å². The van der Waals surface area contributed by atoms with Gasteiger partial charge in [-0.25, -0.2) is 0 Å². The minimum absolute atomic E-state index is 0. The predicted molar refractivity (Wildman–Crippen MR) is 146 cm³/mol. The molecule has 8 heteroatoms. The molecule has 34 heavy (non-hydrogen) atoms. The van der Waals surface area contributed by atoms with Crippen molar-refractivity contribution >= 4 is 46.8 Å². The average molecular weight is 576 g/mol. The number of carbonyl (C=O) groups is 1. The van der Waals surface area contributed by atoms with Gasteiger partial charge in [-0.2, -0.15) is 0 Å². The summed E-state index contributed by atoms with van der Waals surface area (Å²) in [5, 5.41) is 7.67. The highest BCUT2D eigenvalue weighted by Crippen LogP contribution is 2.31. The van der Waals surface area contributed by atoms with E-state index in [0.717, 1.165) is 28.9 Å². The van der Waals surface area contributed by atoms with Crippen LogP contribution in [0.25, 0.3) is 11.0 Å².